The zero-order valence-electron chi connectivity index (χ0n) is 12.2. The third kappa shape index (κ3) is 3.17. The summed E-state index contributed by atoms with van der Waals surface area (Å²) in [5.74, 6) is 0.675. The topological polar surface area (TPSA) is 21.3 Å². The molecule has 0 atom stereocenters. The fourth-order valence-corrected chi connectivity index (χ4v) is 2.13. The van der Waals surface area contributed by atoms with Crippen molar-refractivity contribution >= 4 is 0 Å². The molecule has 0 aliphatic carbocycles. The van der Waals surface area contributed by atoms with Gasteiger partial charge in [0.15, 0.2) is 0 Å². The fraction of sp³-hybridized carbons (Fsp3) is 0.294. The molecule has 20 heavy (non-hydrogen) atoms. The highest BCUT2D eigenvalue weighted by Crippen LogP contribution is 2.27. The maximum atomic E-state index is 13.7. The molecule has 0 radical (unpaired) electrons. The summed E-state index contributed by atoms with van der Waals surface area (Å²) in [6, 6.07) is 11.3. The molecule has 0 saturated carbocycles. The quantitative estimate of drug-likeness (QED) is 0.891. The molecule has 0 heterocycles. The molecule has 3 heteroatoms. The molecular weight excluding hydrogens is 253 g/mol. The second-order valence-corrected chi connectivity index (χ2v) is 4.77. The molecule has 0 saturated heterocycles. The molecule has 0 amide bonds. The summed E-state index contributed by atoms with van der Waals surface area (Å²) in [6.07, 6.45) is 0. The van der Waals surface area contributed by atoms with Crippen molar-refractivity contribution in [2.24, 2.45) is 0 Å². The number of methoxy groups -OCH3 is 1. The Morgan fingerprint density at radius 1 is 1.10 bits per heavy atom. The normalized spacial score (nSPS) is 10.6. The van der Waals surface area contributed by atoms with E-state index in [4.69, 9.17) is 4.74 Å². The number of aryl methyl sites for hydroxylation is 1. The predicted octanol–water partition coefficient (Wildman–Crippen LogP) is 3.92. The standard InChI is InChI=1S/C17H20FNO/c1-4-19-11-15-9-13(7-8-17(15)20-3)14-6-5-12(2)16(18)10-14/h5-10,19H,4,11H2,1-3H3. The Balaban J connectivity index is 2.38. The first kappa shape index (κ1) is 14.5. The van der Waals surface area contributed by atoms with E-state index in [0.29, 0.717) is 5.56 Å². The van der Waals surface area contributed by atoms with Crippen molar-refractivity contribution in [1.82, 2.24) is 5.32 Å². The van der Waals surface area contributed by atoms with E-state index in [1.165, 1.54) is 0 Å². The number of rotatable bonds is 5. The average molecular weight is 273 g/mol. The minimum atomic E-state index is -0.174. The highest BCUT2D eigenvalue weighted by atomic mass is 19.1. The van der Waals surface area contributed by atoms with Crippen LogP contribution in [0.25, 0.3) is 11.1 Å². The molecule has 2 aromatic carbocycles. The van der Waals surface area contributed by atoms with Crippen LogP contribution in [0.3, 0.4) is 0 Å². The number of hydrogen-bond donors (Lipinski definition) is 1. The number of nitrogens with one attached hydrogen (secondary N) is 1. The van der Waals surface area contributed by atoms with Crippen LogP contribution in [0.2, 0.25) is 0 Å². The molecule has 2 rings (SSSR count). The van der Waals surface area contributed by atoms with Gasteiger partial charge in [0.25, 0.3) is 0 Å². The smallest absolute Gasteiger partial charge is 0.126 e. The average Bonchev–Trinajstić information content (AvgIpc) is 2.47. The Morgan fingerprint density at radius 2 is 1.80 bits per heavy atom. The molecule has 1 N–H and O–H groups in total. The molecule has 2 nitrogen and oxygen atoms in total. The largest absolute Gasteiger partial charge is 0.496 e. The molecule has 0 spiro atoms. The van der Waals surface area contributed by atoms with Gasteiger partial charge in [-0.15, -0.1) is 0 Å². The van der Waals surface area contributed by atoms with Gasteiger partial charge in [0.05, 0.1) is 7.11 Å². The SMILES string of the molecule is CCNCc1cc(-c2ccc(C)c(F)c2)ccc1OC. The van der Waals surface area contributed by atoms with Crippen LogP contribution in [-0.4, -0.2) is 13.7 Å². The van der Waals surface area contributed by atoms with Gasteiger partial charge in [-0.3, -0.25) is 0 Å². The number of halogens is 1. The van der Waals surface area contributed by atoms with Crippen molar-refractivity contribution < 1.29 is 9.13 Å². The maximum Gasteiger partial charge on any atom is 0.126 e. The number of hydrogen-bond acceptors (Lipinski definition) is 2. The van der Waals surface area contributed by atoms with Gasteiger partial charge in [-0.05, 0) is 48.4 Å². The Morgan fingerprint density at radius 3 is 2.45 bits per heavy atom. The Hall–Kier alpha value is -1.87. The van der Waals surface area contributed by atoms with Gasteiger partial charge >= 0.3 is 0 Å². The lowest BCUT2D eigenvalue weighted by Crippen LogP contribution is -2.12. The second kappa shape index (κ2) is 6.53. The molecule has 2 aromatic rings. The van der Waals surface area contributed by atoms with E-state index in [2.05, 4.69) is 12.2 Å². The van der Waals surface area contributed by atoms with Crippen molar-refractivity contribution in [3.05, 3.63) is 53.3 Å². The number of benzene rings is 2. The fourth-order valence-electron chi connectivity index (χ4n) is 2.13. The number of ether oxygens (including phenoxy) is 1. The third-order valence-electron chi connectivity index (χ3n) is 3.35. The van der Waals surface area contributed by atoms with Gasteiger partial charge in [0.1, 0.15) is 11.6 Å². The molecule has 106 valence electrons. The summed E-state index contributed by atoms with van der Waals surface area (Å²) in [6.45, 7) is 5.46. The lowest BCUT2D eigenvalue weighted by atomic mass is 10.0. The van der Waals surface area contributed by atoms with Crippen molar-refractivity contribution in [2.45, 2.75) is 20.4 Å². The van der Waals surface area contributed by atoms with Crippen LogP contribution in [0.5, 0.6) is 5.75 Å². The highest BCUT2D eigenvalue weighted by molar-refractivity contribution is 5.66. The van der Waals surface area contributed by atoms with Gasteiger partial charge in [0, 0.05) is 12.1 Å². The van der Waals surface area contributed by atoms with E-state index in [9.17, 15) is 4.39 Å². The molecular formula is C17H20FNO. The van der Waals surface area contributed by atoms with Crippen LogP contribution in [0.15, 0.2) is 36.4 Å². The first-order valence-electron chi connectivity index (χ1n) is 6.80. The summed E-state index contributed by atoms with van der Waals surface area (Å²) in [4.78, 5) is 0. The summed E-state index contributed by atoms with van der Waals surface area (Å²) in [5, 5.41) is 3.28. The van der Waals surface area contributed by atoms with Gasteiger partial charge in [-0.1, -0.05) is 25.1 Å². The minimum absolute atomic E-state index is 0.174. The zero-order valence-corrected chi connectivity index (χ0v) is 12.2. The van der Waals surface area contributed by atoms with Crippen LogP contribution in [0, 0.1) is 12.7 Å². The van der Waals surface area contributed by atoms with Crippen LogP contribution in [0.4, 0.5) is 4.39 Å². The van der Waals surface area contributed by atoms with E-state index < -0.39 is 0 Å². The third-order valence-corrected chi connectivity index (χ3v) is 3.35. The molecule has 0 aliphatic heterocycles. The van der Waals surface area contributed by atoms with Crippen LogP contribution >= 0.6 is 0 Å². The molecule has 0 bridgehead atoms. The van der Waals surface area contributed by atoms with E-state index >= 15 is 0 Å². The van der Waals surface area contributed by atoms with Gasteiger partial charge in [-0.2, -0.15) is 0 Å². The predicted molar refractivity (Wildman–Crippen MR) is 80.5 cm³/mol. The summed E-state index contributed by atoms with van der Waals surface area (Å²) >= 11 is 0. The van der Waals surface area contributed by atoms with Crippen molar-refractivity contribution in [2.75, 3.05) is 13.7 Å². The summed E-state index contributed by atoms with van der Waals surface area (Å²) in [5.41, 5.74) is 3.62. The van der Waals surface area contributed by atoms with Crippen LogP contribution in [0.1, 0.15) is 18.1 Å². The van der Waals surface area contributed by atoms with Crippen LogP contribution < -0.4 is 10.1 Å². The lowest BCUT2D eigenvalue weighted by Gasteiger charge is -2.12. The van der Waals surface area contributed by atoms with E-state index in [0.717, 1.165) is 35.5 Å². The monoisotopic (exact) mass is 273 g/mol. The van der Waals surface area contributed by atoms with Gasteiger partial charge < -0.3 is 10.1 Å². The van der Waals surface area contributed by atoms with E-state index in [1.807, 2.05) is 24.3 Å². The molecule has 0 fully saturated rings. The van der Waals surface area contributed by atoms with Gasteiger partial charge in [-0.25, -0.2) is 4.39 Å². The first-order valence-corrected chi connectivity index (χ1v) is 6.80. The minimum Gasteiger partial charge on any atom is -0.496 e. The van der Waals surface area contributed by atoms with Gasteiger partial charge in [0.2, 0.25) is 0 Å². The Labute approximate surface area is 119 Å². The molecule has 0 unspecified atom stereocenters. The summed E-state index contributed by atoms with van der Waals surface area (Å²) < 4.78 is 19.0. The molecule has 0 aromatic heterocycles. The summed E-state index contributed by atoms with van der Waals surface area (Å²) in [7, 11) is 1.66. The van der Waals surface area contributed by atoms with Crippen molar-refractivity contribution in [3.8, 4) is 16.9 Å². The Bertz CT molecular complexity index is 596. The highest BCUT2D eigenvalue weighted by Gasteiger charge is 2.07. The van der Waals surface area contributed by atoms with Crippen molar-refractivity contribution in [3.63, 3.8) is 0 Å². The second-order valence-electron chi connectivity index (χ2n) is 4.77. The van der Waals surface area contributed by atoms with E-state index in [-0.39, 0.29) is 5.82 Å². The van der Waals surface area contributed by atoms with Crippen LogP contribution in [-0.2, 0) is 6.54 Å². The lowest BCUT2D eigenvalue weighted by molar-refractivity contribution is 0.408. The maximum absolute atomic E-state index is 13.7. The van der Waals surface area contributed by atoms with E-state index in [1.54, 1.807) is 26.2 Å². The molecule has 0 aliphatic rings. The first-order chi connectivity index (χ1) is 9.65. The Kier molecular flexibility index (Phi) is 4.74. The zero-order chi connectivity index (χ0) is 14.5. The van der Waals surface area contributed by atoms with Crippen molar-refractivity contribution in [1.29, 1.82) is 0 Å².